The Labute approximate surface area is 202 Å². The number of nitrogens with two attached hydrogens (primary N) is 1. The number of morpholine rings is 1. The summed E-state index contributed by atoms with van der Waals surface area (Å²) < 4.78 is 13.1. The summed E-state index contributed by atoms with van der Waals surface area (Å²) in [6, 6.07) is 7.43. The molecule has 3 N–H and O–H groups in total. The smallest absolute Gasteiger partial charge is 0.255 e. The third-order valence-electron chi connectivity index (χ3n) is 7.45. The van der Waals surface area contributed by atoms with Crippen molar-refractivity contribution in [1.82, 2.24) is 19.9 Å². The number of aromatic nitrogens is 3. The Hall–Kier alpha value is -3.66. The summed E-state index contributed by atoms with van der Waals surface area (Å²) in [5, 5.41) is 7.58. The second kappa shape index (κ2) is 8.53. The molecule has 2 saturated carbocycles. The molecule has 3 aromatic rings. The van der Waals surface area contributed by atoms with E-state index in [1.165, 1.54) is 0 Å². The molecule has 1 saturated heterocycles. The highest BCUT2D eigenvalue weighted by atomic mass is 16.5. The van der Waals surface area contributed by atoms with Crippen molar-refractivity contribution in [1.29, 1.82) is 0 Å². The molecule has 3 fully saturated rings. The highest BCUT2D eigenvalue weighted by molar-refractivity contribution is 6.01. The largest absolute Gasteiger partial charge is 0.474 e. The minimum absolute atomic E-state index is 0.0138. The maximum Gasteiger partial charge on any atom is 0.255 e. The number of ether oxygens (including phenoxy) is 2. The van der Waals surface area contributed by atoms with Crippen molar-refractivity contribution in [3.05, 3.63) is 54.0 Å². The third kappa shape index (κ3) is 4.07. The summed E-state index contributed by atoms with van der Waals surface area (Å²) in [5.41, 5.74) is 8.37. The number of primary amides is 1. The Balaban J connectivity index is 1.03. The molecule has 10 heteroatoms. The van der Waals surface area contributed by atoms with Gasteiger partial charge in [0.15, 0.2) is 0 Å². The molecule has 6 rings (SSSR count). The van der Waals surface area contributed by atoms with Crippen LogP contribution >= 0.6 is 0 Å². The SMILES string of the molecule is NC(=O)c1cccnc1OC1CC2(CC(NC(=O)c3cnn4cc(N5CCOCC5)ccc34)C2)C1. The Bertz CT molecular complexity index is 1270. The van der Waals surface area contributed by atoms with Crippen LogP contribution in [0.25, 0.3) is 5.52 Å². The molecule has 0 radical (unpaired) electrons. The Morgan fingerprint density at radius 1 is 1.11 bits per heavy atom. The number of carbonyl (C=O) groups is 2. The number of pyridine rings is 2. The quantitative estimate of drug-likeness (QED) is 0.556. The number of carbonyl (C=O) groups excluding carboxylic acids is 2. The first kappa shape index (κ1) is 21.8. The molecule has 10 nitrogen and oxygen atoms in total. The van der Waals surface area contributed by atoms with E-state index >= 15 is 0 Å². The zero-order chi connectivity index (χ0) is 24.0. The Kier molecular flexibility index (Phi) is 5.32. The van der Waals surface area contributed by atoms with Crippen LogP contribution in [-0.4, -0.2) is 64.9 Å². The fourth-order valence-corrected chi connectivity index (χ4v) is 5.66. The molecule has 4 heterocycles. The van der Waals surface area contributed by atoms with Gasteiger partial charge in [-0.25, -0.2) is 9.50 Å². The maximum atomic E-state index is 13.0. The van der Waals surface area contributed by atoms with E-state index in [4.69, 9.17) is 15.2 Å². The molecule has 0 aromatic carbocycles. The fourth-order valence-electron chi connectivity index (χ4n) is 5.66. The molecule has 3 aromatic heterocycles. The van der Waals surface area contributed by atoms with Crippen LogP contribution in [-0.2, 0) is 4.74 Å². The highest BCUT2D eigenvalue weighted by Crippen LogP contribution is 2.56. The predicted molar refractivity (Wildman–Crippen MR) is 128 cm³/mol. The van der Waals surface area contributed by atoms with Crippen molar-refractivity contribution in [3.8, 4) is 5.88 Å². The molecule has 182 valence electrons. The summed E-state index contributed by atoms with van der Waals surface area (Å²) in [5.74, 6) is -0.335. The number of amides is 2. The van der Waals surface area contributed by atoms with E-state index in [0.717, 1.165) is 63.2 Å². The number of anilines is 1. The lowest BCUT2D eigenvalue weighted by atomic mass is 9.53. The zero-order valence-electron chi connectivity index (χ0n) is 19.4. The average Bonchev–Trinajstić information content (AvgIpc) is 3.25. The lowest BCUT2D eigenvalue weighted by Gasteiger charge is -2.57. The molecule has 0 unspecified atom stereocenters. The molecule has 2 aliphatic carbocycles. The van der Waals surface area contributed by atoms with E-state index in [1.54, 1.807) is 29.0 Å². The first-order valence-electron chi connectivity index (χ1n) is 12.0. The fraction of sp³-hybridized carbons (Fsp3) is 0.440. The zero-order valence-corrected chi connectivity index (χ0v) is 19.4. The molecule has 1 aliphatic heterocycles. The summed E-state index contributed by atoms with van der Waals surface area (Å²) in [6.45, 7) is 3.14. The van der Waals surface area contributed by atoms with Gasteiger partial charge in [0.25, 0.3) is 11.8 Å². The topological polar surface area (TPSA) is 124 Å². The predicted octanol–water partition coefficient (Wildman–Crippen LogP) is 1.78. The van der Waals surface area contributed by atoms with Gasteiger partial charge in [0.2, 0.25) is 5.88 Å². The number of hydrogen-bond donors (Lipinski definition) is 2. The third-order valence-corrected chi connectivity index (χ3v) is 7.45. The van der Waals surface area contributed by atoms with E-state index in [-0.39, 0.29) is 23.5 Å². The van der Waals surface area contributed by atoms with Gasteiger partial charge < -0.3 is 25.4 Å². The van der Waals surface area contributed by atoms with Crippen LogP contribution in [0.4, 0.5) is 5.69 Å². The maximum absolute atomic E-state index is 13.0. The summed E-state index contributed by atoms with van der Waals surface area (Å²) in [4.78, 5) is 31.0. The van der Waals surface area contributed by atoms with Crippen LogP contribution < -0.4 is 20.7 Å². The van der Waals surface area contributed by atoms with Crippen LogP contribution in [0.1, 0.15) is 46.4 Å². The lowest BCUT2D eigenvalue weighted by Crippen LogP contribution is -2.58. The number of nitrogens with zero attached hydrogens (tertiary/aromatic N) is 4. The molecule has 0 bridgehead atoms. The van der Waals surface area contributed by atoms with Crippen molar-refractivity contribution in [2.24, 2.45) is 11.1 Å². The van der Waals surface area contributed by atoms with Gasteiger partial charge in [0.05, 0.1) is 42.4 Å². The minimum atomic E-state index is -0.543. The second-order valence-corrected chi connectivity index (χ2v) is 9.82. The van der Waals surface area contributed by atoms with E-state index < -0.39 is 5.91 Å². The standard InChI is InChI=1S/C25H28N6O4/c26-22(32)19-2-1-5-27-24(19)35-18-12-25(13-18)10-16(11-25)29-23(33)20-14-28-31-15-17(3-4-21(20)31)30-6-8-34-9-7-30/h1-5,14-16,18H,6-13H2,(H2,26,32)(H,29,33). The summed E-state index contributed by atoms with van der Waals surface area (Å²) >= 11 is 0. The molecule has 0 atom stereocenters. The van der Waals surface area contributed by atoms with Crippen LogP contribution in [0, 0.1) is 5.41 Å². The van der Waals surface area contributed by atoms with Gasteiger partial charge in [0, 0.05) is 25.3 Å². The van der Waals surface area contributed by atoms with Crippen molar-refractivity contribution in [3.63, 3.8) is 0 Å². The van der Waals surface area contributed by atoms with Crippen molar-refractivity contribution in [2.45, 2.75) is 37.8 Å². The van der Waals surface area contributed by atoms with Gasteiger partial charge >= 0.3 is 0 Å². The normalized spacial score (nSPS) is 25.7. The van der Waals surface area contributed by atoms with Crippen molar-refractivity contribution in [2.75, 3.05) is 31.2 Å². The molecular weight excluding hydrogens is 448 g/mol. The second-order valence-electron chi connectivity index (χ2n) is 9.82. The molecule has 1 spiro atoms. The summed E-state index contributed by atoms with van der Waals surface area (Å²) in [6.07, 6.45) is 8.82. The average molecular weight is 477 g/mol. The van der Waals surface area contributed by atoms with Gasteiger partial charge in [0.1, 0.15) is 11.7 Å². The molecule has 2 amide bonds. The molecule has 3 aliphatic rings. The first-order chi connectivity index (χ1) is 17.0. The highest BCUT2D eigenvalue weighted by Gasteiger charge is 2.54. The van der Waals surface area contributed by atoms with Gasteiger partial charge in [-0.05, 0) is 55.4 Å². The number of fused-ring (bicyclic) bond motifs is 1. The Morgan fingerprint density at radius 2 is 1.91 bits per heavy atom. The Morgan fingerprint density at radius 3 is 2.69 bits per heavy atom. The first-order valence-corrected chi connectivity index (χ1v) is 12.0. The van der Waals surface area contributed by atoms with Crippen LogP contribution in [0.5, 0.6) is 5.88 Å². The minimum Gasteiger partial charge on any atom is -0.474 e. The lowest BCUT2D eigenvalue weighted by molar-refractivity contribution is -0.0848. The van der Waals surface area contributed by atoms with E-state index in [2.05, 4.69) is 20.3 Å². The molecule has 35 heavy (non-hydrogen) atoms. The van der Waals surface area contributed by atoms with Gasteiger partial charge in [-0.15, -0.1) is 0 Å². The van der Waals surface area contributed by atoms with Crippen LogP contribution in [0.3, 0.4) is 0 Å². The number of rotatable bonds is 6. The van der Waals surface area contributed by atoms with Gasteiger partial charge in [-0.3, -0.25) is 9.59 Å². The van der Waals surface area contributed by atoms with Gasteiger partial charge in [-0.2, -0.15) is 5.10 Å². The van der Waals surface area contributed by atoms with E-state index in [1.807, 2.05) is 18.3 Å². The van der Waals surface area contributed by atoms with Gasteiger partial charge in [-0.1, -0.05) is 0 Å². The van der Waals surface area contributed by atoms with Crippen LogP contribution in [0.15, 0.2) is 42.9 Å². The van der Waals surface area contributed by atoms with Crippen molar-refractivity contribution < 1.29 is 19.1 Å². The number of hydrogen-bond acceptors (Lipinski definition) is 7. The van der Waals surface area contributed by atoms with Crippen LogP contribution in [0.2, 0.25) is 0 Å². The summed E-state index contributed by atoms with van der Waals surface area (Å²) in [7, 11) is 0. The van der Waals surface area contributed by atoms with E-state index in [9.17, 15) is 9.59 Å². The molecular formula is C25H28N6O4. The van der Waals surface area contributed by atoms with Crippen molar-refractivity contribution >= 4 is 23.0 Å². The number of nitrogens with one attached hydrogen (secondary N) is 1. The monoisotopic (exact) mass is 476 g/mol. The van der Waals surface area contributed by atoms with E-state index in [0.29, 0.717) is 17.0 Å².